The highest BCUT2D eigenvalue weighted by Crippen LogP contribution is 2.34. The number of methoxy groups -OCH3 is 1. The highest BCUT2D eigenvalue weighted by molar-refractivity contribution is 5.99. The number of benzene rings is 1. The van der Waals surface area contributed by atoms with Crippen LogP contribution in [0.5, 0.6) is 5.88 Å². The van der Waals surface area contributed by atoms with Crippen LogP contribution in [-0.4, -0.2) is 45.0 Å². The van der Waals surface area contributed by atoms with Gasteiger partial charge in [0.25, 0.3) is 0 Å². The molecule has 0 unspecified atom stereocenters. The Balaban J connectivity index is 1.57. The molecule has 0 atom stereocenters. The molecule has 0 radical (unpaired) electrons. The Bertz CT molecular complexity index is 1190. The van der Waals surface area contributed by atoms with E-state index in [9.17, 15) is 9.90 Å². The van der Waals surface area contributed by atoms with Gasteiger partial charge in [0.2, 0.25) is 5.88 Å². The van der Waals surface area contributed by atoms with Crippen LogP contribution < -0.4 is 15.4 Å². The van der Waals surface area contributed by atoms with Crippen molar-refractivity contribution in [3.8, 4) is 17.1 Å². The topological polar surface area (TPSA) is 125 Å². The number of nitrogens with zero attached hydrogens (tertiary/aromatic N) is 3. The van der Waals surface area contributed by atoms with Crippen molar-refractivity contribution in [3.05, 3.63) is 66.0 Å². The number of aliphatic hydroxyl groups excluding tert-OH is 1. The van der Waals surface area contributed by atoms with Gasteiger partial charge < -0.3 is 15.2 Å². The summed E-state index contributed by atoms with van der Waals surface area (Å²) in [5, 5.41) is 22.8. The Morgan fingerprint density at radius 2 is 2.03 bits per heavy atom. The first kappa shape index (κ1) is 20.3. The van der Waals surface area contributed by atoms with Crippen LogP contribution in [0, 0.1) is 0 Å². The molecule has 4 N–H and O–H groups in total. The second-order valence-corrected chi connectivity index (χ2v) is 6.82. The van der Waals surface area contributed by atoms with Crippen LogP contribution in [-0.2, 0) is 13.0 Å². The number of anilines is 1. The molecule has 2 amide bonds. The molecule has 0 aliphatic rings. The number of hydrogen-bond donors (Lipinski definition) is 4. The Labute approximate surface area is 178 Å². The van der Waals surface area contributed by atoms with Crippen LogP contribution in [0.25, 0.3) is 22.2 Å². The van der Waals surface area contributed by atoms with Crippen molar-refractivity contribution in [1.29, 1.82) is 0 Å². The van der Waals surface area contributed by atoms with Gasteiger partial charge in [-0.05, 0) is 24.1 Å². The highest BCUT2D eigenvalue weighted by atomic mass is 16.5. The molecule has 0 aliphatic carbocycles. The first-order valence-corrected chi connectivity index (χ1v) is 9.76. The first-order valence-electron chi connectivity index (χ1n) is 9.76. The fourth-order valence-corrected chi connectivity index (χ4v) is 3.27. The standard InChI is InChI=1S/C22H22N6O3/c1-31-21-19-17(27-28-21)12-18(25-20(19)15-8-10-23-16(11-15)13-29)26-22(30)24-9-7-14-5-3-2-4-6-14/h2-6,8,10-12,29H,7,9,13H2,1H3,(H,27,28)(H2,24,25,26,30). The maximum atomic E-state index is 12.4. The second-order valence-electron chi connectivity index (χ2n) is 6.82. The Morgan fingerprint density at radius 3 is 2.81 bits per heavy atom. The molecule has 3 heterocycles. The lowest BCUT2D eigenvalue weighted by Gasteiger charge is -2.10. The van der Waals surface area contributed by atoms with E-state index in [1.54, 1.807) is 24.4 Å². The van der Waals surface area contributed by atoms with Crippen LogP contribution in [0.1, 0.15) is 11.3 Å². The van der Waals surface area contributed by atoms with Crippen molar-refractivity contribution in [1.82, 2.24) is 25.5 Å². The number of aliphatic hydroxyl groups is 1. The van der Waals surface area contributed by atoms with E-state index in [4.69, 9.17) is 4.74 Å². The summed E-state index contributed by atoms with van der Waals surface area (Å²) in [6.45, 7) is 0.300. The van der Waals surface area contributed by atoms with Gasteiger partial charge in [0.05, 0.1) is 36.0 Å². The average Bonchev–Trinajstić information content (AvgIpc) is 3.22. The van der Waals surface area contributed by atoms with Gasteiger partial charge in [-0.25, -0.2) is 9.78 Å². The number of pyridine rings is 2. The summed E-state index contributed by atoms with van der Waals surface area (Å²) in [6.07, 6.45) is 2.32. The fraction of sp³-hybridized carbons (Fsp3) is 0.182. The molecule has 31 heavy (non-hydrogen) atoms. The zero-order valence-corrected chi connectivity index (χ0v) is 16.9. The summed E-state index contributed by atoms with van der Waals surface area (Å²) in [6, 6.07) is 14.8. The van der Waals surface area contributed by atoms with Crippen LogP contribution in [0.3, 0.4) is 0 Å². The minimum absolute atomic E-state index is 0.193. The Kier molecular flexibility index (Phi) is 6.04. The number of fused-ring (bicyclic) bond motifs is 1. The summed E-state index contributed by atoms with van der Waals surface area (Å²) < 4.78 is 5.36. The third kappa shape index (κ3) is 4.62. The molecule has 158 valence electrons. The number of aromatic nitrogens is 4. The van der Waals surface area contributed by atoms with E-state index in [1.165, 1.54) is 7.11 Å². The molecule has 0 aliphatic heterocycles. The van der Waals surface area contributed by atoms with Crippen LogP contribution in [0.2, 0.25) is 0 Å². The molecule has 9 heteroatoms. The van der Waals surface area contributed by atoms with E-state index >= 15 is 0 Å². The number of H-pyrrole nitrogens is 1. The SMILES string of the molecule is COc1n[nH]c2cc(NC(=O)NCCc3ccccc3)nc(-c3ccnc(CO)c3)c12. The van der Waals surface area contributed by atoms with Gasteiger partial charge in [-0.2, -0.15) is 0 Å². The largest absolute Gasteiger partial charge is 0.479 e. The van der Waals surface area contributed by atoms with Crippen molar-refractivity contribution in [3.63, 3.8) is 0 Å². The molecule has 0 bridgehead atoms. The smallest absolute Gasteiger partial charge is 0.320 e. The van der Waals surface area contributed by atoms with Gasteiger partial charge in [-0.1, -0.05) is 30.3 Å². The number of nitrogens with one attached hydrogen (secondary N) is 3. The number of carbonyl (C=O) groups excluding carboxylic acids is 1. The van der Waals surface area contributed by atoms with Gasteiger partial charge in [-0.3, -0.25) is 15.4 Å². The van der Waals surface area contributed by atoms with Gasteiger partial charge in [0, 0.05) is 24.4 Å². The molecular formula is C22H22N6O3. The monoisotopic (exact) mass is 418 g/mol. The normalized spacial score (nSPS) is 10.8. The molecule has 0 fully saturated rings. The maximum Gasteiger partial charge on any atom is 0.320 e. The Morgan fingerprint density at radius 1 is 1.19 bits per heavy atom. The molecule has 4 rings (SSSR count). The summed E-state index contributed by atoms with van der Waals surface area (Å²) in [7, 11) is 1.53. The predicted octanol–water partition coefficient (Wildman–Crippen LogP) is 2.89. The lowest BCUT2D eigenvalue weighted by atomic mass is 10.1. The van der Waals surface area contributed by atoms with Crippen molar-refractivity contribution in [2.45, 2.75) is 13.0 Å². The van der Waals surface area contributed by atoms with Crippen molar-refractivity contribution < 1.29 is 14.6 Å². The highest BCUT2D eigenvalue weighted by Gasteiger charge is 2.17. The van der Waals surface area contributed by atoms with E-state index < -0.39 is 0 Å². The third-order valence-corrected chi connectivity index (χ3v) is 4.74. The lowest BCUT2D eigenvalue weighted by molar-refractivity contribution is 0.252. The molecule has 0 saturated carbocycles. The number of ether oxygens (including phenoxy) is 1. The quantitative estimate of drug-likeness (QED) is 0.366. The van der Waals surface area contributed by atoms with Crippen molar-refractivity contribution in [2.24, 2.45) is 0 Å². The van der Waals surface area contributed by atoms with Crippen LogP contribution in [0.15, 0.2) is 54.7 Å². The number of aromatic amines is 1. The van der Waals surface area contributed by atoms with Crippen LogP contribution >= 0.6 is 0 Å². The molecule has 9 nitrogen and oxygen atoms in total. The van der Waals surface area contributed by atoms with E-state index in [0.717, 1.165) is 17.5 Å². The number of rotatable bonds is 7. The molecule has 0 spiro atoms. The van der Waals surface area contributed by atoms with Crippen molar-refractivity contribution in [2.75, 3.05) is 19.0 Å². The first-order chi connectivity index (χ1) is 15.2. The van der Waals surface area contributed by atoms with Gasteiger partial charge >= 0.3 is 6.03 Å². The summed E-state index contributed by atoms with van der Waals surface area (Å²) in [4.78, 5) is 21.1. The van der Waals surface area contributed by atoms with E-state index in [2.05, 4.69) is 30.8 Å². The summed E-state index contributed by atoms with van der Waals surface area (Å²) in [5.41, 5.74) is 3.58. The van der Waals surface area contributed by atoms with E-state index in [0.29, 0.717) is 40.5 Å². The minimum atomic E-state index is -0.356. The van der Waals surface area contributed by atoms with Crippen LogP contribution in [0.4, 0.5) is 10.6 Å². The lowest BCUT2D eigenvalue weighted by Crippen LogP contribution is -2.30. The van der Waals surface area contributed by atoms with Gasteiger partial charge in [0.1, 0.15) is 5.82 Å². The zero-order valence-electron chi connectivity index (χ0n) is 16.9. The molecular weight excluding hydrogens is 396 g/mol. The number of amides is 2. The third-order valence-electron chi connectivity index (χ3n) is 4.74. The van der Waals surface area contributed by atoms with E-state index in [-0.39, 0.29) is 12.6 Å². The number of hydrogen-bond acceptors (Lipinski definition) is 6. The van der Waals surface area contributed by atoms with Crippen molar-refractivity contribution >= 4 is 22.8 Å². The summed E-state index contributed by atoms with van der Waals surface area (Å²) >= 11 is 0. The molecule has 1 aromatic carbocycles. The number of carbonyl (C=O) groups is 1. The average molecular weight is 418 g/mol. The van der Waals surface area contributed by atoms with E-state index in [1.807, 2.05) is 30.3 Å². The Hall–Kier alpha value is -3.98. The minimum Gasteiger partial charge on any atom is -0.479 e. The number of urea groups is 1. The predicted molar refractivity (Wildman–Crippen MR) is 117 cm³/mol. The molecule has 0 saturated heterocycles. The molecule has 4 aromatic rings. The second kappa shape index (κ2) is 9.23. The summed E-state index contributed by atoms with van der Waals surface area (Å²) in [5.74, 6) is 0.743. The van der Waals surface area contributed by atoms with Gasteiger partial charge in [-0.15, -0.1) is 5.10 Å². The fourth-order valence-electron chi connectivity index (χ4n) is 3.27. The molecule has 3 aromatic heterocycles. The maximum absolute atomic E-state index is 12.4. The zero-order chi connectivity index (χ0) is 21.6. The van der Waals surface area contributed by atoms with Gasteiger partial charge in [0.15, 0.2) is 0 Å².